The zero-order valence-corrected chi connectivity index (χ0v) is 8.34. The number of carboxylic acids is 1. The first-order chi connectivity index (χ1) is 7.59. The standard InChI is InChI=1S/C10H11NO5/c11-5(3-8(13)14)9-6(12)1-2-7-10(9)16-4-15-7/h1-2,5,12H,3-4,11H2,(H,13,14). The van der Waals surface area contributed by atoms with Crippen LogP contribution in [-0.2, 0) is 4.79 Å². The Morgan fingerprint density at radius 3 is 2.94 bits per heavy atom. The van der Waals surface area contributed by atoms with Crippen LogP contribution in [0.15, 0.2) is 12.1 Å². The number of aliphatic carboxylic acids is 1. The number of phenolic OH excluding ortho intramolecular Hbond substituents is 1. The van der Waals surface area contributed by atoms with Crippen molar-refractivity contribution in [2.45, 2.75) is 12.5 Å². The summed E-state index contributed by atoms with van der Waals surface area (Å²) < 4.78 is 10.3. The Morgan fingerprint density at radius 1 is 1.50 bits per heavy atom. The summed E-state index contributed by atoms with van der Waals surface area (Å²) in [6.45, 7) is 0.0472. The Morgan fingerprint density at radius 2 is 2.25 bits per heavy atom. The molecule has 0 saturated carbocycles. The lowest BCUT2D eigenvalue weighted by atomic mass is 10.0. The maximum atomic E-state index is 10.6. The lowest BCUT2D eigenvalue weighted by Crippen LogP contribution is -2.15. The molecule has 1 atom stereocenters. The third-order valence-electron chi connectivity index (χ3n) is 2.32. The molecule has 1 unspecified atom stereocenters. The van der Waals surface area contributed by atoms with E-state index in [1.54, 1.807) is 6.07 Å². The number of aromatic hydroxyl groups is 1. The lowest BCUT2D eigenvalue weighted by molar-refractivity contribution is -0.137. The van der Waals surface area contributed by atoms with Crippen LogP contribution in [0.4, 0.5) is 0 Å². The molecule has 0 aromatic heterocycles. The van der Waals surface area contributed by atoms with Gasteiger partial charge in [-0.1, -0.05) is 0 Å². The topological polar surface area (TPSA) is 102 Å². The van der Waals surface area contributed by atoms with Crippen LogP contribution < -0.4 is 15.2 Å². The minimum Gasteiger partial charge on any atom is -0.507 e. The normalized spacial score (nSPS) is 14.8. The van der Waals surface area contributed by atoms with Crippen molar-refractivity contribution in [3.63, 3.8) is 0 Å². The zero-order valence-electron chi connectivity index (χ0n) is 8.34. The van der Waals surface area contributed by atoms with Crippen LogP contribution >= 0.6 is 0 Å². The van der Waals surface area contributed by atoms with Gasteiger partial charge in [0.2, 0.25) is 6.79 Å². The molecule has 1 aromatic rings. The minimum absolute atomic E-state index is 0.0472. The molecule has 4 N–H and O–H groups in total. The summed E-state index contributed by atoms with van der Waals surface area (Å²) in [5.41, 5.74) is 5.97. The molecule has 1 aliphatic rings. The highest BCUT2D eigenvalue weighted by molar-refractivity contribution is 5.69. The van der Waals surface area contributed by atoms with Gasteiger partial charge in [0.1, 0.15) is 5.75 Å². The predicted octanol–water partition coefficient (Wildman–Crippen LogP) is 0.595. The molecule has 0 bridgehead atoms. The van der Waals surface area contributed by atoms with Gasteiger partial charge in [0.15, 0.2) is 11.5 Å². The van der Waals surface area contributed by atoms with E-state index in [1.165, 1.54) is 6.07 Å². The molecule has 0 saturated heterocycles. The van der Waals surface area contributed by atoms with Crippen LogP contribution in [0.3, 0.4) is 0 Å². The van der Waals surface area contributed by atoms with Gasteiger partial charge in [0.05, 0.1) is 12.0 Å². The molecule has 6 heteroatoms. The molecule has 0 spiro atoms. The number of hydrogen-bond donors (Lipinski definition) is 3. The first-order valence-corrected chi connectivity index (χ1v) is 4.68. The molecular formula is C10H11NO5. The number of ether oxygens (including phenoxy) is 2. The van der Waals surface area contributed by atoms with Gasteiger partial charge in [0, 0.05) is 6.04 Å². The molecular weight excluding hydrogens is 214 g/mol. The second kappa shape index (κ2) is 3.90. The van der Waals surface area contributed by atoms with Crippen molar-refractivity contribution >= 4 is 5.97 Å². The minimum atomic E-state index is -1.04. The van der Waals surface area contributed by atoms with Gasteiger partial charge >= 0.3 is 5.97 Å². The van der Waals surface area contributed by atoms with Crippen LogP contribution in [0.25, 0.3) is 0 Å². The van der Waals surface area contributed by atoms with Gasteiger partial charge in [-0.15, -0.1) is 0 Å². The second-order valence-corrected chi connectivity index (χ2v) is 3.44. The van der Waals surface area contributed by atoms with Gasteiger partial charge in [-0.25, -0.2) is 0 Å². The van der Waals surface area contributed by atoms with Crippen molar-refractivity contribution in [2.75, 3.05) is 6.79 Å². The van der Waals surface area contributed by atoms with E-state index in [4.69, 9.17) is 20.3 Å². The molecule has 0 aliphatic carbocycles. The Labute approximate surface area is 91.2 Å². The summed E-state index contributed by atoms with van der Waals surface area (Å²) >= 11 is 0. The molecule has 0 fully saturated rings. The molecule has 16 heavy (non-hydrogen) atoms. The van der Waals surface area contributed by atoms with Gasteiger partial charge < -0.3 is 25.4 Å². The van der Waals surface area contributed by atoms with Crippen molar-refractivity contribution in [1.29, 1.82) is 0 Å². The van der Waals surface area contributed by atoms with Crippen molar-refractivity contribution in [1.82, 2.24) is 0 Å². The van der Waals surface area contributed by atoms with Crippen LogP contribution in [0, 0.1) is 0 Å². The van der Waals surface area contributed by atoms with Crippen LogP contribution in [0.5, 0.6) is 17.2 Å². The number of rotatable bonds is 3. The molecule has 2 rings (SSSR count). The highest BCUT2D eigenvalue weighted by Crippen LogP contribution is 2.43. The molecule has 0 radical (unpaired) electrons. The van der Waals surface area contributed by atoms with Crippen LogP contribution in [0.2, 0.25) is 0 Å². The van der Waals surface area contributed by atoms with E-state index in [0.29, 0.717) is 11.5 Å². The molecule has 1 aromatic carbocycles. The van der Waals surface area contributed by atoms with Gasteiger partial charge in [-0.05, 0) is 12.1 Å². The average molecular weight is 225 g/mol. The number of fused-ring (bicyclic) bond motifs is 1. The number of phenols is 1. The maximum absolute atomic E-state index is 10.6. The number of carboxylic acid groups (broad SMARTS) is 1. The summed E-state index contributed by atoms with van der Waals surface area (Å²) in [6, 6.07) is 2.13. The number of hydrogen-bond acceptors (Lipinski definition) is 5. The fourth-order valence-electron chi connectivity index (χ4n) is 1.63. The monoisotopic (exact) mass is 225 g/mol. The Bertz CT molecular complexity index is 431. The molecule has 0 amide bonds. The summed E-state index contributed by atoms with van der Waals surface area (Å²) in [5, 5.41) is 18.3. The quantitative estimate of drug-likeness (QED) is 0.696. The average Bonchev–Trinajstić information content (AvgIpc) is 2.63. The highest BCUT2D eigenvalue weighted by atomic mass is 16.7. The van der Waals surface area contributed by atoms with E-state index in [0.717, 1.165) is 0 Å². The van der Waals surface area contributed by atoms with E-state index in [9.17, 15) is 9.90 Å². The fraction of sp³-hybridized carbons (Fsp3) is 0.300. The molecule has 6 nitrogen and oxygen atoms in total. The van der Waals surface area contributed by atoms with Crippen LogP contribution in [0.1, 0.15) is 18.0 Å². The second-order valence-electron chi connectivity index (χ2n) is 3.44. The summed E-state index contributed by atoms with van der Waals surface area (Å²) in [4.78, 5) is 10.6. The smallest absolute Gasteiger partial charge is 0.305 e. The summed E-state index contributed by atoms with van der Waals surface area (Å²) in [5.74, 6) is -0.330. The Balaban J connectivity index is 2.39. The summed E-state index contributed by atoms with van der Waals surface area (Å²) in [7, 11) is 0. The number of carbonyl (C=O) groups is 1. The van der Waals surface area contributed by atoms with Gasteiger partial charge in [-0.2, -0.15) is 0 Å². The van der Waals surface area contributed by atoms with E-state index in [-0.39, 0.29) is 24.5 Å². The largest absolute Gasteiger partial charge is 0.507 e. The SMILES string of the molecule is NC(CC(=O)O)c1c(O)ccc2c1OCO2. The Hall–Kier alpha value is -1.95. The Kier molecular flexibility index (Phi) is 2.57. The highest BCUT2D eigenvalue weighted by Gasteiger charge is 2.26. The third kappa shape index (κ3) is 1.74. The van der Waals surface area contributed by atoms with Gasteiger partial charge in [-0.3, -0.25) is 4.79 Å². The van der Waals surface area contributed by atoms with E-state index >= 15 is 0 Å². The third-order valence-corrected chi connectivity index (χ3v) is 2.32. The molecule has 1 aliphatic heterocycles. The van der Waals surface area contributed by atoms with E-state index in [2.05, 4.69) is 0 Å². The van der Waals surface area contributed by atoms with E-state index < -0.39 is 12.0 Å². The maximum Gasteiger partial charge on any atom is 0.305 e. The first-order valence-electron chi connectivity index (χ1n) is 4.68. The fourth-order valence-corrected chi connectivity index (χ4v) is 1.63. The molecule has 1 heterocycles. The summed E-state index contributed by atoms with van der Waals surface area (Å²) in [6.07, 6.45) is -0.284. The lowest BCUT2D eigenvalue weighted by Gasteiger charge is -2.13. The van der Waals surface area contributed by atoms with Crippen LogP contribution in [-0.4, -0.2) is 23.0 Å². The van der Waals surface area contributed by atoms with Crippen molar-refractivity contribution in [3.8, 4) is 17.2 Å². The van der Waals surface area contributed by atoms with Gasteiger partial charge in [0.25, 0.3) is 0 Å². The number of nitrogens with two attached hydrogens (primary N) is 1. The first kappa shape index (κ1) is 10.6. The zero-order chi connectivity index (χ0) is 11.7. The predicted molar refractivity (Wildman–Crippen MR) is 53.4 cm³/mol. The van der Waals surface area contributed by atoms with Crippen molar-refractivity contribution in [3.05, 3.63) is 17.7 Å². The van der Waals surface area contributed by atoms with Crippen molar-refractivity contribution in [2.24, 2.45) is 5.73 Å². The number of benzene rings is 1. The van der Waals surface area contributed by atoms with Crippen molar-refractivity contribution < 1.29 is 24.5 Å². The molecule has 86 valence electrons. The van der Waals surface area contributed by atoms with E-state index in [1.807, 2.05) is 0 Å².